The first-order valence-corrected chi connectivity index (χ1v) is 12.4. The van der Waals surface area contributed by atoms with Crippen LogP contribution in [0.15, 0.2) is 60.2 Å². The number of carbonyl (C=O) groups excluding carboxylic acids is 2. The van der Waals surface area contributed by atoms with Gasteiger partial charge in [0.1, 0.15) is 11.5 Å². The van der Waals surface area contributed by atoms with Crippen LogP contribution in [0.3, 0.4) is 0 Å². The fraction of sp³-hybridized carbons (Fsp3) is 0.207. The van der Waals surface area contributed by atoms with Gasteiger partial charge in [-0.2, -0.15) is 0 Å². The first kappa shape index (κ1) is 23.8. The summed E-state index contributed by atoms with van der Waals surface area (Å²) in [5.41, 5.74) is 5.97. The smallest absolute Gasteiger partial charge is 0.301 e. The van der Waals surface area contributed by atoms with E-state index < -0.39 is 17.7 Å². The van der Waals surface area contributed by atoms with Gasteiger partial charge >= 0.3 is 5.91 Å². The lowest BCUT2D eigenvalue weighted by atomic mass is 9.94. The number of nitrogens with zero attached hydrogens (tertiary/aromatic N) is 2. The number of aryl methyl sites for hydroxylation is 4. The van der Waals surface area contributed by atoms with Gasteiger partial charge in [0.2, 0.25) is 0 Å². The lowest BCUT2D eigenvalue weighted by molar-refractivity contribution is -0.132. The summed E-state index contributed by atoms with van der Waals surface area (Å²) < 4.78 is 6.28. The summed E-state index contributed by atoms with van der Waals surface area (Å²) in [6, 6.07) is 16.1. The van der Waals surface area contributed by atoms with Crippen LogP contribution in [0, 0.1) is 27.7 Å². The van der Waals surface area contributed by atoms with Crippen LogP contribution in [0.4, 0.5) is 5.13 Å². The minimum Gasteiger partial charge on any atom is -0.507 e. The van der Waals surface area contributed by atoms with Crippen LogP contribution >= 0.6 is 11.3 Å². The molecule has 1 N–H and O–H groups in total. The minimum absolute atomic E-state index is 0.0422. The van der Waals surface area contributed by atoms with E-state index in [4.69, 9.17) is 9.72 Å². The Labute approximate surface area is 213 Å². The number of anilines is 1. The van der Waals surface area contributed by atoms with Gasteiger partial charge in [-0.1, -0.05) is 47.2 Å². The third kappa shape index (κ3) is 3.85. The second-order valence-corrected chi connectivity index (χ2v) is 10.2. The number of aromatic nitrogens is 1. The summed E-state index contributed by atoms with van der Waals surface area (Å²) in [6.07, 6.45) is 0. The molecular weight excluding hydrogens is 472 g/mol. The standard InChI is InChI=1S/C29H26N2O4S/c1-15-6-8-19(9-7-15)25-23(26(32)20-10-11-21(35-5)17(3)14-20)27(33)28(34)31(25)29-30-24-18(4)12-16(2)13-22(24)36-29/h6-14,25,32H,1-5H3. The van der Waals surface area contributed by atoms with Crippen molar-refractivity contribution in [2.45, 2.75) is 33.7 Å². The maximum absolute atomic E-state index is 13.5. The normalized spacial score (nSPS) is 17.2. The zero-order valence-electron chi connectivity index (χ0n) is 20.7. The Balaban J connectivity index is 1.73. The number of aliphatic hydroxyl groups is 1. The minimum atomic E-state index is -0.810. The lowest BCUT2D eigenvalue weighted by Crippen LogP contribution is -2.29. The molecule has 1 aliphatic heterocycles. The van der Waals surface area contributed by atoms with Crippen molar-refractivity contribution in [1.29, 1.82) is 0 Å². The maximum atomic E-state index is 13.5. The maximum Gasteiger partial charge on any atom is 0.301 e. The molecule has 0 bridgehead atoms. The van der Waals surface area contributed by atoms with Crippen LogP contribution in [-0.2, 0) is 9.59 Å². The lowest BCUT2D eigenvalue weighted by Gasteiger charge is -2.23. The van der Waals surface area contributed by atoms with Gasteiger partial charge in [-0.25, -0.2) is 4.98 Å². The number of benzene rings is 3. The number of ether oxygens (including phenoxy) is 1. The average molecular weight is 499 g/mol. The van der Waals surface area contributed by atoms with E-state index >= 15 is 0 Å². The Morgan fingerprint density at radius 3 is 2.33 bits per heavy atom. The molecule has 1 fully saturated rings. The predicted molar refractivity (Wildman–Crippen MR) is 143 cm³/mol. The van der Waals surface area contributed by atoms with Crippen molar-refractivity contribution < 1.29 is 19.4 Å². The van der Waals surface area contributed by atoms with Crippen molar-refractivity contribution in [3.8, 4) is 5.75 Å². The molecule has 0 spiro atoms. The highest BCUT2D eigenvalue weighted by Crippen LogP contribution is 2.45. The summed E-state index contributed by atoms with van der Waals surface area (Å²) in [7, 11) is 1.58. The first-order chi connectivity index (χ1) is 17.2. The molecule has 1 atom stereocenters. The monoisotopic (exact) mass is 498 g/mol. The van der Waals surface area contributed by atoms with Crippen LogP contribution in [-0.4, -0.2) is 28.9 Å². The van der Waals surface area contributed by atoms with E-state index in [9.17, 15) is 14.7 Å². The van der Waals surface area contributed by atoms with Gasteiger partial charge < -0.3 is 9.84 Å². The molecule has 5 rings (SSSR count). The number of fused-ring (bicyclic) bond motifs is 1. The summed E-state index contributed by atoms with van der Waals surface area (Å²) in [5, 5.41) is 11.8. The Morgan fingerprint density at radius 1 is 0.944 bits per heavy atom. The summed E-state index contributed by atoms with van der Waals surface area (Å²) >= 11 is 1.37. The van der Waals surface area contributed by atoms with E-state index in [-0.39, 0.29) is 11.3 Å². The molecule has 2 heterocycles. The third-order valence-corrected chi connectivity index (χ3v) is 7.53. The van der Waals surface area contributed by atoms with Gasteiger partial charge in [0.25, 0.3) is 5.78 Å². The van der Waals surface area contributed by atoms with Crippen LogP contribution in [0.2, 0.25) is 0 Å². The van der Waals surface area contributed by atoms with E-state index in [1.807, 2.05) is 64.1 Å². The zero-order chi connectivity index (χ0) is 25.7. The molecule has 7 heteroatoms. The van der Waals surface area contributed by atoms with Gasteiger partial charge in [-0.15, -0.1) is 0 Å². The number of aliphatic hydroxyl groups excluding tert-OH is 1. The summed E-state index contributed by atoms with van der Waals surface area (Å²) in [5.74, 6) is -0.998. The van der Waals surface area contributed by atoms with Crippen molar-refractivity contribution in [3.05, 3.63) is 93.6 Å². The molecule has 1 aromatic heterocycles. The van der Waals surface area contributed by atoms with E-state index in [0.29, 0.717) is 16.4 Å². The highest BCUT2D eigenvalue weighted by atomic mass is 32.1. The van der Waals surface area contributed by atoms with E-state index in [2.05, 4.69) is 0 Å². The molecule has 1 saturated heterocycles. The molecule has 182 valence electrons. The summed E-state index contributed by atoms with van der Waals surface area (Å²) in [6.45, 7) is 7.83. The van der Waals surface area contributed by atoms with E-state index in [0.717, 1.165) is 38.0 Å². The number of hydrogen-bond acceptors (Lipinski definition) is 6. The Kier molecular flexibility index (Phi) is 5.88. The van der Waals surface area contributed by atoms with Gasteiger partial charge in [0.05, 0.1) is 28.9 Å². The number of amides is 1. The van der Waals surface area contributed by atoms with Crippen LogP contribution < -0.4 is 9.64 Å². The zero-order valence-corrected chi connectivity index (χ0v) is 21.6. The molecule has 1 unspecified atom stereocenters. The molecule has 6 nitrogen and oxygen atoms in total. The number of ketones is 1. The van der Waals surface area contributed by atoms with Crippen LogP contribution in [0.25, 0.3) is 16.0 Å². The molecule has 0 saturated carbocycles. The number of carbonyl (C=O) groups is 2. The number of thiazole rings is 1. The fourth-order valence-electron chi connectivity index (χ4n) is 4.74. The highest BCUT2D eigenvalue weighted by molar-refractivity contribution is 7.22. The molecular formula is C29H26N2O4S. The molecule has 4 aromatic rings. The van der Waals surface area contributed by atoms with Crippen molar-refractivity contribution >= 4 is 44.1 Å². The van der Waals surface area contributed by atoms with Crippen molar-refractivity contribution in [1.82, 2.24) is 4.98 Å². The first-order valence-electron chi connectivity index (χ1n) is 11.6. The number of rotatable bonds is 4. The van der Waals surface area contributed by atoms with E-state index in [1.54, 1.807) is 25.3 Å². The number of Topliss-reactive ketones (excluding diaryl/α,β-unsaturated/α-hetero) is 1. The van der Waals surface area contributed by atoms with Crippen LogP contribution in [0.1, 0.15) is 39.4 Å². The molecule has 0 aliphatic carbocycles. The Bertz CT molecular complexity index is 1570. The van der Waals surface area contributed by atoms with Crippen molar-refractivity contribution in [2.75, 3.05) is 12.0 Å². The molecule has 1 amide bonds. The SMILES string of the molecule is COc1ccc(C(O)=C2C(=O)C(=O)N(c3nc4c(C)cc(C)cc4s3)C2c2ccc(C)cc2)cc1C. The largest absolute Gasteiger partial charge is 0.507 e. The topological polar surface area (TPSA) is 79.7 Å². The summed E-state index contributed by atoms with van der Waals surface area (Å²) in [4.78, 5) is 33.1. The number of methoxy groups -OCH3 is 1. The molecule has 36 heavy (non-hydrogen) atoms. The molecule has 0 radical (unpaired) electrons. The van der Waals surface area contributed by atoms with Gasteiger partial charge in [-0.05, 0) is 74.2 Å². The predicted octanol–water partition coefficient (Wildman–Crippen LogP) is 6.16. The van der Waals surface area contributed by atoms with Crippen LogP contribution in [0.5, 0.6) is 5.75 Å². The van der Waals surface area contributed by atoms with Crippen molar-refractivity contribution in [2.24, 2.45) is 0 Å². The Hall–Kier alpha value is -3.97. The van der Waals surface area contributed by atoms with Gasteiger partial charge in [-0.3, -0.25) is 14.5 Å². The average Bonchev–Trinajstić information content (AvgIpc) is 3.38. The highest BCUT2D eigenvalue weighted by Gasteiger charge is 2.48. The van der Waals surface area contributed by atoms with Gasteiger partial charge in [0, 0.05) is 5.56 Å². The quantitative estimate of drug-likeness (QED) is 0.207. The fourth-order valence-corrected chi connectivity index (χ4v) is 5.91. The molecule has 1 aliphatic rings. The molecule has 3 aromatic carbocycles. The number of hydrogen-bond donors (Lipinski definition) is 1. The Morgan fingerprint density at radius 2 is 1.67 bits per heavy atom. The second-order valence-electron chi connectivity index (χ2n) is 9.19. The van der Waals surface area contributed by atoms with E-state index in [1.165, 1.54) is 16.2 Å². The second kappa shape index (κ2) is 8.91. The third-order valence-electron chi connectivity index (χ3n) is 6.53. The van der Waals surface area contributed by atoms with Gasteiger partial charge in [0.15, 0.2) is 5.13 Å². The van der Waals surface area contributed by atoms with Crippen molar-refractivity contribution in [3.63, 3.8) is 0 Å².